The highest BCUT2D eigenvalue weighted by molar-refractivity contribution is 5.91. The molecule has 0 aromatic rings. The summed E-state index contributed by atoms with van der Waals surface area (Å²) >= 11 is 0. The van der Waals surface area contributed by atoms with Gasteiger partial charge in [0, 0.05) is 5.54 Å². The third-order valence-electron chi connectivity index (χ3n) is 1.65. The van der Waals surface area contributed by atoms with E-state index in [2.05, 4.69) is 5.32 Å². The molecule has 1 aliphatic rings. The van der Waals surface area contributed by atoms with Crippen molar-refractivity contribution in [3.63, 3.8) is 0 Å². The lowest BCUT2D eigenvalue weighted by molar-refractivity contribution is -0.122. The molecule has 0 aromatic carbocycles. The second kappa shape index (κ2) is 3.81. The molecule has 1 N–H and O–H groups in total. The summed E-state index contributed by atoms with van der Waals surface area (Å²) in [5, 5.41) is 2.86. The zero-order valence-corrected chi connectivity index (χ0v) is 8.52. The normalized spacial score (nSPS) is 17.3. The van der Waals surface area contributed by atoms with Crippen molar-refractivity contribution in [3.05, 3.63) is 11.8 Å². The van der Waals surface area contributed by atoms with E-state index in [1.54, 1.807) is 0 Å². The molecule has 1 aliphatic heterocycles. The number of amides is 1. The maximum atomic E-state index is 11.5. The first-order valence-corrected chi connectivity index (χ1v) is 4.64. The van der Waals surface area contributed by atoms with Crippen molar-refractivity contribution in [2.45, 2.75) is 39.2 Å². The zero-order valence-electron chi connectivity index (χ0n) is 8.52. The van der Waals surface area contributed by atoms with Crippen LogP contribution in [0.4, 0.5) is 0 Å². The molecule has 0 spiro atoms. The van der Waals surface area contributed by atoms with E-state index >= 15 is 0 Å². The molecule has 0 radical (unpaired) electrons. The highest BCUT2D eigenvalue weighted by Gasteiger charge is 2.19. The molecule has 3 nitrogen and oxygen atoms in total. The Kier molecular flexibility index (Phi) is 2.96. The molecule has 1 rings (SSSR count). The molecule has 0 saturated heterocycles. The fourth-order valence-electron chi connectivity index (χ4n) is 1.12. The van der Waals surface area contributed by atoms with Crippen molar-refractivity contribution >= 4 is 5.91 Å². The van der Waals surface area contributed by atoms with Crippen LogP contribution in [0.25, 0.3) is 0 Å². The highest BCUT2D eigenvalue weighted by Crippen LogP contribution is 2.11. The van der Waals surface area contributed by atoms with Crippen molar-refractivity contribution in [1.82, 2.24) is 5.32 Å². The smallest absolute Gasteiger partial charge is 0.286 e. The molecule has 0 unspecified atom stereocenters. The Morgan fingerprint density at radius 2 is 2.23 bits per heavy atom. The van der Waals surface area contributed by atoms with E-state index in [-0.39, 0.29) is 11.4 Å². The van der Waals surface area contributed by atoms with Crippen molar-refractivity contribution in [1.29, 1.82) is 0 Å². The van der Waals surface area contributed by atoms with Crippen LogP contribution in [0.15, 0.2) is 11.8 Å². The minimum Gasteiger partial charge on any atom is -0.488 e. The summed E-state index contributed by atoms with van der Waals surface area (Å²) in [7, 11) is 0. The summed E-state index contributed by atoms with van der Waals surface area (Å²) in [5.74, 6) is 0.369. The third kappa shape index (κ3) is 3.49. The number of hydrogen-bond acceptors (Lipinski definition) is 2. The van der Waals surface area contributed by atoms with E-state index in [4.69, 9.17) is 4.74 Å². The monoisotopic (exact) mass is 183 g/mol. The Balaban J connectivity index is 2.52. The Hall–Kier alpha value is -0.990. The molecule has 0 fully saturated rings. The Labute approximate surface area is 79.2 Å². The summed E-state index contributed by atoms with van der Waals surface area (Å²) in [6, 6.07) is 0. The molecule has 0 bridgehead atoms. The molecule has 74 valence electrons. The largest absolute Gasteiger partial charge is 0.488 e. The van der Waals surface area contributed by atoms with Gasteiger partial charge in [-0.2, -0.15) is 0 Å². The molecule has 0 aliphatic carbocycles. The van der Waals surface area contributed by atoms with Crippen molar-refractivity contribution < 1.29 is 9.53 Å². The molecular weight excluding hydrogens is 166 g/mol. The van der Waals surface area contributed by atoms with Gasteiger partial charge in [0.05, 0.1) is 6.61 Å². The van der Waals surface area contributed by atoms with Gasteiger partial charge in [-0.05, 0) is 39.7 Å². The van der Waals surface area contributed by atoms with Crippen LogP contribution >= 0.6 is 0 Å². The molecule has 0 saturated carbocycles. The summed E-state index contributed by atoms with van der Waals surface area (Å²) in [6.45, 7) is 6.51. The van der Waals surface area contributed by atoms with Crippen molar-refractivity contribution in [3.8, 4) is 0 Å². The van der Waals surface area contributed by atoms with Crippen LogP contribution in [0.3, 0.4) is 0 Å². The fraction of sp³-hybridized carbons (Fsp3) is 0.700. The lowest BCUT2D eigenvalue weighted by Crippen LogP contribution is -2.42. The van der Waals surface area contributed by atoms with E-state index < -0.39 is 0 Å². The first-order valence-electron chi connectivity index (χ1n) is 4.64. The van der Waals surface area contributed by atoms with Crippen LogP contribution < -0.4 is 5.32 Å². The van der Waals surface area contributed by atoms with Crippen LogP contribution in [0.1, 0.15) is 33.6 Å². The number of ether oxygens (including phenoxy) is 1. The summed E-state index contributed by atoms with van der Waals surface area (Å²) in [5.41, 5.74) is -0.196. The van der Waals surface area contributed by atoms with Gasteiger partial charge in [-0.1, -0.05) is 0 Å². The minimum absolute atomic E-state index is 0.104. The predicted molar refractivity (Wildman–Crippen MR) is 51.2 cm³/mol. The number of hydrogen-bond donors (Lipinski definition) is 1. The summed E-state index contributed by atoms with van der Waals surface area (Å²) in [6.07, 6.45) is 3.80. The second-order valence-corrected chi connectivity index (χ2v) is 4.26. The molecule has 3 heteroatoms. The Morgan fingerprint density at radius 1 is 1.54 bits per heavy atom. The first-order chi connectivity index (χ1) is 5.99. The van der Waals surface area contributed by atoms with Crippen molar-refractivity contribution in [2.75, 3.05) is 6.61 Å². The number of rotatable bonds is 1. The lowest BCUT2D eigenvalue weighted by atomic mass is 10.1. The number of allylic oxidation sites excluding steroid dienone is 1. The average Bonchev–Trinajstić information content (AvgIpc) is 2.03. The molecule has 0 atom stereocenters. The van der Waals surface area contributed by atoms with Gasteiger partial charge in [0.25, 0.3) is 5.91 Å². The van der Waals surface area contributed by atoms with Gasteiger partial charge in [-0.25, -0.2) is 0 Å². The predicted octanol–water partition coefficient (Wildman–Crippen LogP) is 1.60. The number of carbonyl (C=O) groups is 1. The van der Waals surface area contributed by atoms with E-state index in [1.165, 1.54) is 0 Å². The maximum Gasteiger partial charge on any atom is 0.286 e. The van der Waals surface area contributed by atoms with Crippen LogP contribution in [-0.2, 0) is 9.53 Å². The van der Waals surface area contributed by atoms with Crippen LogP contribution in [0, 0.1) is 0 Å². The minimum atomic E-state index is -0.196. The average molecular weight is 183 g/mol. The summed E-state index contributed by atoms with van der Waals surface area (Å²) in [4.78, 5) is 11.5. The third-order valence-corrected chi connectivity index (χ3v) is 1.65. The van der Waals surface area contributed by atoms with Crippen LogP contribution in [0.5, 0.6) is 0 Å². The van der Waals surface area contributed by atoms with Crippen molar-refractivity contribution in [2.24, 2.45) is 0 Å². The maximum absolute atomic E-state index is 11.5. The Morgan fingerprint density at radius 3 is 2.69 bits per heavy atom. The molecule has 0 aromatic heterocycles. The molecular formula is C10H17NO2. The highest BCUT2D eigenvalue weighted by atomic mass is 16.5. The molecule has 1 heterocycles. The van der Waals surface area contributed by atoms with E-state index in [0.717, 1.165) is 12.8 Å². The van der Waals surface area contributed by atoms with E-state index in [0.29, 0.717) is 12.4 Å². The molecule has 13 heavy (non-hydrogen) atoms. The van der Waals surface area contributed by atoms with Gasteiger partial charge in [0.2, 0.25) is 0 Å². The second-order valence-electron chi connectivity index (χ2n) is 4.26. The van der Waals surface area contributed by atoms with Gasteiger partial charge in [0.1, 0.15) is 0 Å². The van der Waals surface area contributed by atoms with Gasteiger partial charge in [-0.15, -0.1) is 0 Å². The van der Waals surface area contributed by atoms with Gasteiger partial charge < -0.3 is 10.1 Å². The lowest BCUT2D eigenvalue weighted by Gasteiger charge is -2.22. The van der Waals surface area contributed by atoms with Crippen LogP contribution in [0.2, 0.25) is 0 Å². The zero-order chi connectivity index (χ0) is 9.90. The quantitative estimate of drug-likeness (QED) is 0.670. The number of nitrogens with one attached hydrogen (secondary N) is 1. The SMILES string of the molecule is CC(C)(C)NC(=O)C1=CCCCO1. The number of carbonyl (C=O) groups excluding carboxylic acids is 1. The van der Waals surface area contributed by atoms with E-state index in [9.17, 15) is 4.79 Å². The Bertz CT molecular complexity index is 226. The van der Waals surface area contributed by atoms with Crippen LogP contribution in [-0.4, -0.2) is 18.1 Å². The fourth-order valence-corrected chi connectivity index (χ4v) is 1.12. The van der Waals surface area contributed by atoms with Gasteiger partial charge in [0.15, 0.2) is 5.76 Å². The van der Waals surface area contributed by atoms with Gasteiger partial charge >= 0.3 is 0 Å². The van der Waals surface area contributed by atoms with Gasteiger partial charge in [-0.3, -0.25) is 4.79 Å². The summed E-state index contributed by atoms with van der Waals surface area (Å²) < 4.78 is 5.23. The van der Waals surface area contributed by atoms with E-state index in [1.807, 2.05) is 26.8 Å². The molecule has 1 amide bonds. The topological polar surface area (TPSA) is 38.3 Å². The standard InChI is InChI=1S/C10H17NO2/c1-10(2,3)11-9(12)8-6-4-5-7-13-8/h6H,4-5,7H2,1-3H3,(H,11,12). The first kappa shape index (κ1) is 10.1.